The maximum atomic E-state index is 13.0. The third-order valence-corrected chi connectivity index (χ3v) is 6.19. The summed E-state index contributed by atoms with van der Waals surface area (Å²) in [6.45, 7) is 5.47. The minimum atomic E-state index is -0.329. The van der Waals surface area contributed by atoms with E-state index in [9.17, 15) is 4.79 Å². The van der Waals surface area contributed by atoms with Gasteiger partial charge in [-0.25, -0.2) is 19.6 Å². The number of aryl methyl sites for hydroxylation is 2. The van der Waals surface area contributed by atoms with Gasteiger partial charge in [0.25, 0.3) is 5.91 Å². The Morgan fingerprint density at radius 3 is 2.82 bits per heavy atom. The zero-order valence-corrected chi connectivity index (χ0v) is 19.0. The first-order valence-corrected chi connectivity index (χ1v) is 11.0. The van der Waals surface area contributed by atoms with Crippen molar-refractivity contribution >= 4 is 17.4 Å². The molecule has 0 aliphatic carbocycles. The van der Waals surface area contributed by atoms with Gasteiger partial charge < -0.3 is 20.4 Å². The van der Waals surface area contributed by atoms with Gasteiger partial charge in [-0.15, -0.1) is 0 Å². The molecule has 0 spiro atoms. The zero-order chi connectivity index (χ0) is 23.1. The van der Waals surface area contributed by atoms with Gasteiger partial charge in [0.15, 0.2) is 17.3 Å². The number of rotatable bonds is 5. The summed E-state index contributed by atoms with van der Waals surface area (Å²) in [5, 5.41) is 7.47. The van der Waals surface area contributed by atoms with Crippen LogP contribution in [0.2, 0.25) is 0 Å². The molecule has 170 valence electrons. The van der Waals surface area contributed by atoms with Crippen LogP contribution in [-0.2, 0) is 0 Å². The summed E-state index contributed by atoms with van der Waals surface area (Å²) in [7, 11) is 2.07. The van der Waals surface area contributed by atoms with Crippen LogP contribution in [0.1, 0.15) is 34.7 Å². The third-order valence-electron chi connectivity index (χ3n) is 6.19. The summed E-state index contributed by atoms with van der Waals surface area (Å²) < 4.78 is 3.61. The number of likely N-dealkylation sites (tertiary alicyclic amines) is 1. The van der Waals surface area contributed by atoms with Crippen LogP contribution in [0.25, 0.3) is 22.7 Å². The molecule has 1 amide bonds. The van der Waals surface area contributed by atoms with E-state index in [0.717, 1.165) is 42.0 Å². The van der Waals surface area contributed by atoms with Crippen LogP contribution in [0, 0.1) is 13.8 Å². The number of pyridine rings is 1. The predicted octanol–water partition coefficient (Wildman–Crippen LogP) is 2.00. The number of nitrogens with one attached hydrogen (secondary N) is 1. The van der Waals surface area contributed by atoms with Gasteiger partial charge in [0.2, 0.25) is 0 Å². The molecule has 10 heteroatoms. The van der Waals surface area contributed by atoms with Crippen molar-refractivity contribution < 1.29 is 4.79 Å². The molecule has 1 unspecified atom stereocenters. The summed E-state index contributed by atoms with van der Waals surface area (Å²) in [5.74, 6) is 0.202. The van der Waals surface area contributed by atoms with Crippen LogP contribution in [0.5, 0.6) is 0 Å². The highest BCUT2D eigenvalue weighted by Gasteiger charge is 2.24. The molecular weight excluding hydrogens is 418 g/mol. The van der Waals surface area contributed by atoms with Gasteiger partial charge in [0.05, 0.1) is 5.69 Å². The molecule has 5 heterocycles. The average Bonchev–Trinajstić information content (AvgIpc) is 3.52. The number of imidazole rings is 1. The summed E-state index contributed by atoms with van der Waals surface area (Å²) in [6, 6.07) is 6.02. The van der Waals surface area contributed by atoms with E-state index in [0.29, 0.717) is 24.1 Å². The highest BCUT2D eigenvalue weighted by atomic mass is 16.1. The molecule has 1 saturated heterocycles. The molecule has 1 fully saturated rings. The second-order valence-electron chi connectivity index (χ2n) is 8.56. The van der Waals surface area contributed by atoms with E-state index in [1.165, 1.54) is 0 Å². The Hall–Kier alpha value is -3.79. The number of hydrogen-bond donors (Lipinski definition) is 2. The minimum Gasteiger partial charge on any atom is -0.382 e. The SMILES string of the molecule is Cc1ccn(-c2nc(N)c(C(=O)NCC3CCCN3C)nc2-c2ccc3ncc(C)n3c2)n1. The molecule has 0 saturated carbocycles. The van der Waals surface area contributed by atoms with Crippen molar-refractivity contribution in [3.63, 3.8) is 0 Å². The lowest BCUT2D eigenvalue weighted by atomic mass is 10.2. The van der Waals surface area contributed by atoms with Gasteiger partial charge in [-0.2, -0.15) is 5.10 Å². The molecule has 33 heavy (non-hydrogen) atoms. The van der Waals surface area contributed by atoms with E-state index >= 15 is 0 Å². The van der Waals surface area contributed by atoms with E-state index in [-0.39, 0.29) is 17.4 Å². The Morgan fingerprint density at radius 1 is 1.24 bits per heavy atom. The number of aromatic nitrogens is 6. The lowest BCUT2D eigenvalue weighted by Gasteiger charge is -2.20. The molecule has 0 bridgehead atoms. The number of nitrogens with zero attached hydrogens (tertiary/aromatic N) is 7. The van der Waals surface area contributed by atoms with Gasteiger partial charge in [-0.1, -0.05) is 0 Å². The summed E-state index contributed by atoms with van der Waals surface area (Å²) >= 11 is 0. The third kappa shape index (κ3) is 3.93. The summed E-state index contributed by atoms with van der Waals surface area (Å²) in [5.41, 5.74) is 10.3. The van der Waals surface area contributed by atoms with Crippen molar-refractivity contribution in [3.8, 4) is 17.1 Å². The molecule has 5 rings (SSSR count). The van der Waals surface area contributed by atoms with Crippen molar-refractivity contribution in [3.05, 3.63) is 53.9 Å². The number of likely N-dealkylation sites (N-methyl/N-ethyl adjacent to an activating group) is 1. The molecule has 4 aromatic rings. The Bertz CT molecular complexity index is 1340. The fourth-order valence-corrected chi connectivity index (χ4v) is 4.27. The van der Waals surface area contributed by atoms with Gasteiger partial charge in [0.1, 0.15) is 11.3 Å². The first-order chi connectivity index (χ1) is 15.9. The number of nitrogen functional groups attached to an aromatic ring is 1. The first-order valence-electron chi connectivity index (χ1n) is 11.0. The van der Waals surface area contributed by atoms with Crippen LogP contribution in [0.15, 0.2) is 36.8 Å². The maximum Gasteiger partial charge on any atom is 0.273 e. The number of nitrogens with two attached hydrogens (primary N) is 1. The van der Waals surface area contributed by atoms with E-state index < -0.39 is 0 Å². The Labute approximate surface area is 191 Å². The zero-order valence-electron chi connectivity index (χ0n) is 19.0. The van der Waals surface area contributed by atoms with Crippen molar-refractivity contribution in [1.29, 1.82) is 0 Å². The first kappa shape index (κ1) is 21.1. The van der Waals surface area contributed by atoms with Crippen LogP contribution >= 0.6 is 0 Å². The van der Waals surface area contributed by atoms with Crippen LogP contribution in [0.3, 0.4) is 0 Å². The van der Waals surface area contributed by atoms with E-state index in [4.69, 9.17) is 10.7 Å². The topological polar surface area (TPSA) is 119 Å². The number of fused-ring (bicyclic) bond motifs is 1. The molecule has 3 N–H and O–H groups in total. The van der Waals surface area contributed by atoms with Crippen molar-refractivity contribution in [2.75, 3.05) is 25.9 Å². The normalized spacial score (nSPS) is 16.5. The second kappa shape index (κ2) is 8.28. The summed E-state index contributed by atoms with van der Waals surface area (Å²) in [6.07, 6.45) is 7.75. The molecule has 0 radical (unpaired) electrons. The minimum absolute atomic E-state index is 0.0686. The van der Waals surface area contributed by atoms with Gasteiger partial charge >= 0.3 is 0 Å². The fraction of sp³-hybridized carbons (Fsp3) is 0.348. The summed E-state index contributed by atoms with van der Waals surface area (Å²) in [4.78, 5) is 28.9. The van der Waals surface area contributed by atoms with Gasteiger partial charge in [0, 0.05) is 42.4 Å². The average molecular weight is 446 g/mol. The Kier molecular flexibility index (Phi) is 5.29. The van der Waals surface area contributed by atoms with Crippen LogP contribution in [0.4, 0.5) is 5.82 Å². The van der Waals surface area contributed by atoms with Crippen molar-refractivity contribution in [1.82, 2.24) is 39.3 Å². The Morgan fingerprint density at radius 2 is 2.09 bits per heavy atom. The molecule has 1 aliphatic heterocycles. The number of hydrogen-bond acceptors (Lipinski definition) is 7. The number of anilines is 1. The highest BCUT2D eigenvalue weighted by Crippen LogP contribution is 2.26. The van der Waals surface area contributed by atoms with Crippen molar-refractivity contribution in [2.45, 2.75) is 32.7 Å². The van der Waals surface area contributed by atoms with Gasteiger partial charge in [-0.3, -0.25) is 4.79 Å². The molecule has 10 nitrogen and oxygen atoms in total. The fourth-order valence-electron chi connectivity index (χ4n) is 4.27. The number of amides is 1. The Balaban J connectivity index is 1.57. The van der Waals surface area contributed by atoms with Gasteiger partial charge in [-0.05, 0) is 58.5 Å². The molecular formula is C23H27N9O. The number of carbonyl (C=O) groups excluding carboxylic acids is 1. The molecule has 1 atom stereocenters. The monoisotopic (exact) mass is 445 g/mol. The van der Waals surface area contributed by atoms with Crippen LogP contribution in [-0.4, -0.2) is 66.1 Å². The standard InChI is InChI=1S/C23H27N9O/c1-14-8-10-32(29-14)22-19(16-6-7-18-25-11-15(2)31(18)13-16)27-20(21(24)28-22)23(33)26-12-17-5-4-9-30(17)3/h6-8,10-11,13,17H,4-5,9,12H2,1-3H3,(H2,24,28)(H,26,33). The number of carbonyl (C=O) groups is 1. The largest absolute Gasteiger partial charge is 0.382 e. The van der Waals surface area contributed by atoms with E-state index in [2.05, 4.69) is 32.3 Å². The van der Waals surface area contributed by atoms with Crippen molar-refractivity contribution in [2.24, 2.45) is 0 Å². The van der Waals surface area contributed by atoms with E-state index in [1.54, 1.807) is 10.9 Å². The molecule has 1 aliphatic rings. The molecule has 4 aromatic heterocycles. The second-order valence-corrected chi connectivity index (χ2v) is 8.56. The van der Waals surface area contributed by atoms with Crippen LogP contribution < -0.4 is 11.1 Å². The molecule has 0 aromatic carbocycles. The smallest absolute Gasteiger partial charge is 0.273 e. The van der Waals surface area contributed by atoms with E-state index in [1.807, 2.05) is 48.8 Å². The quantitative estimate of drug-likeness (QED) is 0.482. The predicted molar refractivity (Wildman–Crippen MR) is 125 cm³/mol. The maximum absolute atomic E-state index is 13.0. The lowest BCUT2D eigenvalue weighted by Crippen LogP contribution is -2.38. The highest BCUT2D eigenvalue weighted by molar-refractivity contribution is 5.97. The lowest BCUT2D eigenvalue weighted by molar-refractivity contribution is 0.0939.